The Morgan fingerprint density at radius 3 is 2.79 bits per heavy atom. The highest BCUT2D eigenvalue weighted by atomic mass is 16.6. The first-order chi connectivity index (χ1) is 6.58. The maximum Gasteiger partial charge on any atom is 0.410 e. The van der Waals surface area contributed by atoms with E-state index < -0.39 is 0 Å². The summed E-state index contributed by atoms with van der Waals surface area (Å²) < 4.78 is 5.06. The van der Waals surface area contributed by atoms with Gasteiger partial charge in [0.05, 0.1) is 19.2 Å². The van der Waals surface area contributed by atoms with Crippen molar-refractivity contribution in [1.29, 1.82) is 5.41 Å². The standard InChI is InChI=1S/C9H13N3O2/c1-5(2)14-9(13)12-3-6-7(4-12)11-8(6)10/h5H,3-4H2,1-2H3,(H2,10,11). The van der Waals surface area contributed by atoms with Gasteiger partial charge in [-0.3, -0.25) is 10.3 Å². The van der Waals surface area contributed by atoms with Crippen molar-refractivity contribution in [3.8, 4) is 0 Å². The largest absolute Gasteiger partial charge is 0.447 e. The fourth-order valence-electron chi connectivity index (χ4n) is 1.54. The molecule has 2 aliphatic heterocycles. The highest BCUT2D eigenvalue weighted by Gasteiger charge is 2.35. The molecule has 76 valence electrons. The van der Waals surface area contributed by atoms with Crippen LogP contribution in [0.25, 0.3) is 0 Å². The average molecular weight is 195 g/mol. The van der Waals surface area contributed by atoms with Crippen molar-refractivity contribution in [3.05, 3.63) is 11.3 Å². The predicted molar refractivity (Wildman–Crippen MR) is 51.1 cm³/mol. The lowest BCUT2D eigenvalue weighted by molar-refractivity contribution is 0.0845. The number of amidine groups is 1. The number of nitrogens with zero attached hydrogens (tertiary/aromatic N) is 1. The first-order valence-electron chi connectivity index (χ1n) is 4.61. The molecule has 0 aromatic heterocycles. The number of rotatable bonds is 1. The van der Waals surface area contributed by atoms with Crippen LogP contribution in [-0.4, -0.2) is 36.0 Å². The van der Waals surface area contributed by atoms with E-state index in [1.807, 2.05) is 13.8 Å². The average Bonchev–Trinajstić information content (AvgIpc) is 2.41. The van der Waals surface area contributed by atoms with Crippen LogP contribution in [0.2, 0.25) is 0 Å². The van der Waals surface area contributed by atoms with E-state index in [4.69, 9.17) is 10.1 Å². The Morgan fingerprint density at radius 2 is 2.29 bits per heavy atom. The summed E-state index contributed by atoms with van der Waals surface area (Å²) >= 11 is 0. The topological polar surface area (TPSA) is 65.4 Å². The van der Waals surface area contributed by atoms with Crippen molar-refractivity contribution < 1.29 is 9.53 Å². The van der Waals surface area contributed by atoms with Gasteiger partial charge in [-0.1, -0.05) is 0 Å². The van der Waals surface area contributed by atoms with Gasteiger partial charge in [-0.25, -0.2) is 4.79 Å². The molecule has 0 aliphatic carbocycles. The predicted octanol–water partition coefficient (Wildman–Crippen LogP) is 0.682. The van der Waals surface area contributed by atoms with Gasteiger partial charge < -0.3 is 10.1 Å². The van der Waals surface area contributed by atoms with Crippen LogP contribution in [0.3, 0.4) is 0 Å². The molecule has 0 atom stereocenters. The second-order valence-electron chi connectivity index (χ2n) is 3.75. The first-order valence-corrected chi connectivity index (χ1v) is 4.61. The van der Waals surface area contributed by atoms with Gasteiger partial charge >= 0.3 is 6.09 Å². The number of carbonyl (C=O) groups is 1. The third-order valence-corrected chi connectivity index (χ3v) is 2.23. The van der Waals surface area contributed by atoms with Gasteiger partial charge in [-0.15, -0.1) is 0 Å². The van der Waals surface area contributed by atoms with Gasteiger partial charge in [-0.05, 0) is 13.8 Å². The van der Waals surface area contributed by atoms with Gasteiger partial charge in [-0.2, -0.15) is 0 Å². The molecule has 0 radical (unpaired) electrons. The molecule has 1 amide bonds. The summed E-state index contributed by atoms with van der Waals surface area (Å²) in [5.41, 5.74) is 1.92. The Balaban J connectivity index is 1.93. The Kier molecular flexibility index (Phi) is 1.94. The third kappa shape index (κ3) is 1.34. The molecule has 0 aromatic carbocycles. The van der Waals surface area contributed by atoms with Crippen LogP contribution in [0.1, 0.15) is 13.8 Å². The Bertz CT molecular complexity index is 333. The normalized spacial score (nSPS) is 19.4. The van der Waals surface area contributed by atoms with Crippen LogP contribution in [-0.2, 0) is 4.74 Å². The molecule has 0 saturated carbocycles. The van der Waals surface area contributed by atoms with Crippen molar-refractivity contribution in [2.24, 2.45) is 0 Å². The highest BCUT2D eigenvalue weighted by molar-refractivity contribution is 6.05. The molecule has 0 aromatic rings. The summed E-state index contributed by atoms with van der Waals surface area (Å²) in [4.78, 5) is 13.1. The van der Waals surface area contributed by atoms with E-state index in [0.717, 1.165) is 11.3 Å². The van der Waals surface area contributed by atoms with Gasteiger partial charge in [0.2, 0.25) is 0 Å². The lowest BCUT2D eigenvalue weighted by Gasteiger charge is -2.18. The monoisotopic (exact) mass is 195 g/mol. The van der Waals surface area contributed by atoms with Crippen LogP contribution < -0.4 is 5.32 Å². The summed E-state index contributed by atoms with van der Waals surface area (Å²) in [5, 5.41) is 10.2. The second-order valence-corrected chi connectivity index (χ2v) is 3.75. The van der Waals surface area contributed by atoms with Crippen molar-refractivity contribution in [2.75, 3.05) is 13.1 Å². The molecule has 2 N–H and O–H groups in total. The summed E-state index contributed by atoms with van der Waals surface area (Å²) in [6, 6.07) is 0. The third-order valence-electron chi connectivity index (χ3n) is 2.23. The van der Waals surface area contributed by atoms with Gasteiger partial charge in [0, 0.05) is 11.3 Å². The molecule has 2 heterocycles. The van der Waals surface area contributed by atoms with Gasteiger partial charge in [0.25, 0.3) is 0 Å². The SMILES string of the molecule is CC(C)OC(=O)N1CC2=C(C1)C(=N)N2. The molecule has 0 saturated heterocycles. The second kappa shape index (κ2) is 3.01. The van der Waals surface area contributed by atoms with E-state index >= 15 is 0 Å². The van der Waals surface area contributed by atoms with Crippen LogP contribution in [0.5, 0.6) is 0 Å². The minimum atomic E-state index is -0.302. The number of ether oxygens (including phenoxy) is 1. The van der Waals surface area contributed by atoms with Crippen LogP contribution in [0.15, 0.2) is 11.3 Å². The number of hydrogen-bond acceptors (Lipinski definition) is 3. The lowest BCUT2D eigenvalue weighted by atomic mass is 10.1. The van der Waals surface area contributed by atoms with Gasteiger partial charge in [0.1, 0.15) is 5.84 Å². The maximum atomic E-state index is 11.5. The minimum Gasteiger partial charge on any atom is -0.447 e. The Hall–Kier alpha value is -1.52. The highest BCUT2D eigenvalue weighted by Crippen LogP contribution is 2.23. The van der Waals surface area contributed by atoms with Crippen molar-refractivity contribution in [2.45, 2.75) is 20.0 Å². The van der Waals surface area contributed by atoms with E-state index in [1.54, 1.807) is 4.90 Å². The van der Waals surface area contributed by atoms with E-state index in [-0.39, 0.29) is 12.2 Å². The number of hydrogen-bond donors (Lipinski definition) is 2. The molecule has 14 heavy (non-hydrogen) atoms. The molecule has 0 unspecified atom stereocenters. The number of nitrogens with one attached hydrogen (secondary N) is 2. The molecule has 5 nitrogen and oxygen atoms in total. The zero-order valence-electron chi connectivity index (χ0n) is 8.26. The summed E-state index contributed by atoms with van der Waals surface area (Å²) in [7, 11) is 0. The van der Waals surface area contributed by atoms with Crippen LogP contribution in [0, 0.1) is 5.41 Å². The van der Waals surface area contributed by atoms with E-state index in [1.165, 1.54) is 0 Å². The number of carbonyl (C=O) groups excluding carboxylic acids is 1. The molecular weight excluding hydrogens is 182 g/mol. The molecular formula is C9H13N3O2. The minimum absolute atomic E-state index is 0.0943. The van der Waals surface area contributed by atoms with Gasteiger partial charge in [0.15, 0.2) is 0 Å². The molecule has 0 spiro atoms. The van der Waals surface area contributed by atoms with Crippen molar-refractivity contribution in [1.82, 2.24) is 10.2 Å². The molecule has 2 rings (SSSR count). The quantitative estimate of drug-likeness (QED) is 0.646. The lowest BCUT2D eigenvalue weighted by Crippen LogP contribution is -2.35. The molecule has 0 bridgehead atoms. The first kappa shape index (κ1) is 9.05. The summed E-state index contributed by atoms with van der Waals surface area (Å²) in [5.74, 6) is 0.430. The fourth-order valence-corrected chi connectivity index (χ4v) is 1.54. The van der Waals surface area contributed by atoms with E-state index in [2.05, 4.69) is 5.32 Å². The van der Waals surface area contributed by atoms with Crippen molar-refractivity contribution in [3.63, 3.8) is 0 Å². The van der Waals surface area contributed by atoms with E-state index in [9.17, 15) is 4.79 Å². The summed E-state index contributed by atoms with van der Waals surface area (Å²) in [6.45, 7) is 4.70. The fraction of sp³-hybridized carbons (Fsp3) is 0.556. The zero-order chi connectivity index (χ0) is 10.3. The number of amides is 1. The molecule has 2 aliphatic rings. The Labute approximate surface area is 82.2 Å². The molecule has 5 heteroatoms. The molecule has 0 fully saturated rings. The smallest absolute Gasteiger partial charge is 0.410 e. The van der Waals surface area contributed by atoms with Crippen LogP contribution >= 0.6 is 0 Å². The van der Waals surface area contributed by atoms with Crippen molar-refractivity contribution >= 4 is 11.9 Å². The maximum absolute atomic E-state index is 11.5. The van der Waals surface area contributed by atoms with E-state index in [0.29, 0.717) is 18.9 Å². The summed E-state index contributed by atoms with van der Waals surface area (Å²) in [6.07, 6.45) is -0.396. The Morgan fingerprint density at radius 1 is 1.57 bits per heavy atom. The zero-order valence-corrected chi connectivity index (χ0v) is 8.26. The van der Waals surface area contributed by atoms with Crippen LogP contribution in [0.4, 0.5) is 4.79 Å².